The highest BCUT2D eigenvalue weighted by atomic mass is 16.5. The normalized spacial score (nSPS) is 16.2. The van der Waals surface area contributed by atoms with E-state index in [1.165, 1.54) is 0 Å². The van der Waals surface area contributed by atoms with Gasteiger partial charge in [0.2, 0.25) is 0 Å². The van der Waals surface area contributed by atoms with Crippen molar-refractivity contribution in [2.24, 2.45) is 0 Å². The summed E-state index contributed by atoms with van der Waals surface area (Å²) in [5.74, 6) is -0.424. The van der Waals surface area contributed by atoms with Crippen LogP contribution in [0.5, 0.6) is 5.75 Å². The molecule has 0 spiro atoms. The third kappa shape index (κ3) is 4.23. The minimum Gasteiger partial charge on any atom is -0.483 e. The number of ether oxygens (including phenoxy) is 1. The van der Waals surface area contributed by atoms with E-state index >= 15 is 0 Å². The Bertz CT molecular complexity index is 535. The molecule has 0 bridgehead atoms. The van der Waals surface area contributed by atoms with Crippen molar-refractivity contribution in [3.8, 4) is 5.75 Å². The molecule has 2 N–H and O–H groups in total. The molecule has 1 aromatic carbocycles. The van der Waals surface area contributed by atoms with Crippen LogP contribution in [0.25, 0.3) is 0 Å². The molecule has 0 unspecified atom stereocenters. The largest absolute Gasteiger partial charge is 0.483 e. The number of carbonyl (C=O) groups excluding carboxylic acids is 1. The first kappa shape index (κ1) is 16.3. The van der Waals surface area contributed by atoms with Gasteiger partial charge in [0, 0.05) is 0 Å². The lowest BCUT2D eigenvalue weighted by Crippen LogP contribution is -2.49. The van der Waals surface area contributed by atoms with E-state index in [4.69, 9.17) is 9.84 Å². The van der Waals surface area contributed by atoms with E-state index in [-0.39, 0.29) is 18.9 Å². The highest BCUT2D eigenvalue weighted by Crippen LogP contribution is 2.32. The number of carboxylic acid groups (broad SMARTS) is 1. The quantitative estimate of drug-likeness (QED) is 0.811. The van der Waals surface area contributed by atoms with Crippen molar-refractivity contribution >= 4 is 11.9 Å². The number of para-hydroxylation sites is 1. The Hall–Kier alpha value is -2.04. The molecule has 0 aromatic heterocycles. The first-order valence-corrected chi connectivity index (χ1v) is 7.78. The molecule has 1 saturated carbocycles. The van der Waals surface area contributed by atoms with Crippen LogP contribution in [-0.2, 0) is 16.0 Å². The number of rotatable bonds is 7. The predicted molar refractivity (Wildman–Crippen MR) is 82.9 cm³/mol. The number of nitrogens with one attached hydrogen (secondary N) is 1. The third-order valence-corrected chi connectivity index (χ3v) is 4.17. The zero-order valence-electron chi connectivity index (χ0n) is 12.9. The predicted octanol–water partition coefficient (Wildman–Crippen LogP) is 2.53. The van der Waals surface area contributed by atoms with Gasteiger partial charge in [-0.15, -0.1) is 0 Å². The summed E-state index contributed by atoms with van der Waals surface area (Å²) in [6.07, 6.45) is 4.15. The summed E-state index contributed by atoms with van der Waals surface area (Å²) in [5, 5.41) is 11.9. The van der Waals surface area contributed by atoms with Gasteiger partial charge in [-0.3, -0.25) is 9.59 Å². The van der Waals surface area contributed by atoms with Crippen LogP contribution in [0.4, 0.5) is 0 Å². The Morgan fingerprint density at radius 3 is 2.59 bits per heavy atom. The summed E-state index contributed by atoms with van der Waals surface area (Å²) >= 11 is 0. The van der Waals surface area contributed by atoms with Crippen LogP contribution in [0.1, 0.15) is 44.6 Å². The Morgan fingerprint density at radius 1 is 1.27 bits per heavy atom. The van der Waals surface area contributed by atoms with E-state index < -0.39 is 11.5 Å². The number of carbonyl (C=O) groups is 2. The van der Waals surface area contributed by atoms with Gasteiger partial charge in [-0.05, 0) is 30.9 Å². The Balaban J connectivity index is 1.93. The fourth-order valence-electron chi connectivity index (χ4n) is 3.10. The van der Waals surface area contributed by atoms with E-state index in [9.17, 15) is 9.59 Å². The Morgan fingerprint density at radius 2 is 1.95 bits per heavy atom. The molecule has 5 nitrogen and oxygen atoms in total. The number of benzene rings is 1. The van der Waals surface area contributed by atoms with Crippen molar-refractivity contribution in [1.29, 1.82) is 0 Å². The van der Waals surface area contributed by atoms with Crippen molar-refractivity contribution in [2.45, 2.75) is 51.0 Å². The van der Waals surface area contributed by atoms with E-state index in [2.05, 4.69) is 5.32 Å². The second-order valence-electron chi connectivity index (χ2n) is 5.86. The number of amides is 1. The van der Waals surface area contributed by atoms with Crippen LogP contribution in [0.2, 0.25) is 0 Å². The lowest BCUT2D eigenvalue weighted by Gasteiger charge is -2.28. The van der Waals surface area contributed by atoms with Crippen molar-refractivity contribution in [3.63, 3.8) is 0 Å². The van der Waals surface area contributed by atoms with E-state index in [1.807, 2.05) is 31.2 Å². The second kappa shape index (κ2) is 7.29. The summed E-state index contributed by atoms with van der Waals surface area (Å²) in [4.78, 5) is 23.2. The highest BCUT2D eigenvalue weighted by molar-refractivity contribution is 5.79. The molecule has 0 radical (unpaired) electrons. The average Bonchev–Trinajstić information content (AvgIpc) is 2.92. The molecule has 1 aliphatic carbocycles. The van der Waals surface area contributed by atoms with Gasteiger partial charge in [0.25, 0.3) is 5.91 Å². The Kier molecular flexibility index (Phi) is 5.41. The fraction of sp³-hybridized carbons (Fsp3) is 0.529. The van der Waals surface area contributed by atoms with Gasteiger partial charge in [-0.25, -0.2) is 0 Å². The van der Waals surface area contributed by atoms with Crippen LogP contribution in [-0.4, -0.2) is 29.1 Å². The van der Waals surface area contributed by atoms with Crippen molar-refractivity contribution in [2.75, 3.05) is 6.61 Å². The maximum absolute atomic E-state index is 12.1. The van der Waals surface area contributed by atoms with Gasteiger partial charge >= 0.3 is 5.97 Å². The lowest BCUT2D eigenvalue weighted by molar-refractivity contribution is -0.139. The summed E-state index contributed by atoms with van der Waals surface area (Å²) in [6.45, 7) is 1.95. The molecule has 5 heteroatoms. The van der Waals surface area contributed by atoms with Crippen LogP contribution in [0, 0.1) is 0 Å². The zero-order valence-corrected chi connectivity index (χ0v) is 12.9. The van der Waals surface area contributed by atoms with Crippen LogP contribution < -0.4 is 10.1 Å². The minimum atomic E-state index is -0.876. The smallest absolute Gasteiger partial charge is 0.305 e. The standard InChI is InChI=1S/C17H23NO4/c1-2-13-7-3-4-8-14(13)22-12-15(19)18-17(11-16(20)21)9-5-6-10-17/h3-4,7-8H,2,5-6,9-12H2,1H3,(H,18,19)(H,20,21). The molecule has 0 aliphatic heterocycles. The van der Waals surface area contributed by atoms with Crippen LogP contribution in [0.3, 0.4) is 0 Å². The zero-order chi connectivity index (χ0) is 16.0. The molecule has 0 heterocycles. The van der Waals surface area contributed by atoms with E-state index in [1.54, 1.807) is 0 Å². The van der Waals surface area contributed by atoms with Gasteiger partial charge in [0.15, 0.2) is 6.61 Å². The van der Waals surface area contributed by atoms with Crippen LogP contribution >= 0.6 is 0 Å². The molecule has 22 heavy (non-hydrogen) atoms. The van der Waals surface area contributed by atoms with Crippen molar-refractivity contribution in [1.82, 2.24) is 5.32 Å². The lowest BCUT2D eigenvalue weighted by atomic mass is 9.93. The first-order chi connectivity index (χ1) is 10.5. The average molecular weight is 305 g/mol. The molecule has 0 atom stereocenters. The minimum absolute atomic E-state index is 0.0235. The van der Waals surface area contributed by atoms with Gasteiger partial charge in [0.05, 0.1) is 12.0 Å². The monoisotopic (exact) mass is 305 g/mol. The van der Waals surface area contributed by atoms with Gasteiger partial charge in [-0.1, -0.05) is 38.0 Å². The number of aryl methyl sites for hydroxylation is 1. The molecular weight excluding hydrogens is 282 g/mol. The van der Waals surface area contributed by atoms with Crippen molar-refractivity contribution in [3.05, 3.63) is 29.8 Å². The van der Waals surface area contributed by atoms with E-state index in [0.717, 1.165) is 37.7 Å². The maximum atomic E-state index is 12.1. The highest BCUT2D eigenvalue weighted by Gasteiger charge is 2.37. The van der Waals surface area contributed by atoms with Gasteiger partial charge in [0.1, 0.15) is 5.75 Å². The molecule has 1 aromatic rings. The summed E-state index contributed by atoms with van der Waals surface area (Å²) in [5.41, 5.74) is 0.452. The number of hydrogen-bond acceptors (Lipinski definition) is 3. The van der Waals surface area contributed by atoms with E-state index in [0.29, 0.717) is 5.75 Å². The molecule has 1 fully saturated rings. The number of carboxylic acids is 1. The summed E-state index contributed by atoms with van der Waals surface area (Å²) < 4.78 is 5.59. The summed E-state index contributed by atoms with van der Waals surface area (Å²) in [6, 6.07) is 7.62. The fourth-order valence-corrected chi connectivity index (χ4v) is 3.10. The molecule has 2 rings (SSSR count). The van der Waals surface area contributed by atoms with Crippen LogP contribution in [0.15, 0.2) is 24.3 Å². The molecular formula is C17H23NO4. The molecule has 1 aliphatic rings. The third-order valence-electron chi connectivity index (χ3n) is 4.17. The molecule has 1 amide bonds. The van der Waals surface area contributed by atoms with Crippen molar-refractivity contribution < 1.29 is 19.4 Å². The van der Waals surface area contributed by atoms with Gasteiger partial charge in [-0.2, -0.15) is 0 Å². The van der Waals surface area contributed by atoms with Gasteiger partial charge < -0.3 is 15.2 Å². The first-order valence-electron chi connectivity index (χ1n) is 7.78. The molecule has 120 valence electrons. The SMILES string of the molecule is CCc1ccccc1OCC(=O)NC1(CC(=O)O)CCCC1. The Labute approximate surface area is 130 Å². The number of hydrogen-bond donors (Lipinski definition) is 2. The summed E-state index contributed by atoms with van der Waals surface area (Å²) in [7, 11) is 0. The maximum Gasteiger partial charge on any atom is 0.305 e. The second-order valence-corrected chi connectivity index (χ2v) is 5.86. The molecule has 0 saturated heterocycles. The number of aliphatic carboxylic acids is 1. The topological polar surface area (TPSA) is 75.6 Å².